The Kier molecular flexibility index (Phi) is 7.16. The number of aromatic nitrogens is 1. The number of morpholine rings is 1. The van der Waals surface area contributed by atoms with E-state index in [4.69, 9.17) is 9.72 Å². The van der Waals surface area contributed by atoms with E-state index in [9.17, 15) is 4.79 Å². The maximum Gasteiger partial charge on any atom is 0.151 e. The number of Topliss-reactive ketones (excluding diaryl/α,β-unsaturated/α-hetero) is 1. The molecule has 1 aliphatic carbocycles. The Balaban J connectivity index is 1.23. The monoisotopic (exact) mass is 448 g/mol. The lowest BCUT2D eigenvalue weighted by Gasteiger charge is -2.36. The molecular formula is C27H36N4O2. The van der Waals surface area contributed by atoms with Crippen molar-refractivity contribution in [2.45, 2.75) is 50.7 Å². The molecule has 5 rings (SSSR count). The Morgan fingerprint density at radius 3 is 2.94 bits per heavy atom. The zero-order chi connectivity index (χ0) is 22.6. The Labute approximate surface area is 197 Å². The molecule has 0 saturated carbocycles. The van der Waals surface area contributed by atoms with Crippen LogP contribution in [0.4, 0.5) is 0 Å². The van der Waals surface area contributed by atoms with E-state index in [1.807, 2.05) is 6.20 Å². The van der Waals surface area contributed by atoms with Crippen molar-refractivity contribution in [3.8, 4) is 0 Å². The average Bonchev–Trinajstić information content (AvgIpc) is 2.84. The van der Waals surface area contributed by atoms with Gasteiger partial charge in [0.2, 0.25) is 0 Å². The van der Waals surface area contributed by atoms with Crippen LogP contribution in [0.15, 0.2) is 36.5 Å². The fraction of sp³-hybridized carbons (Fsp3) is 0.556. The van der Waals surface area contributed by atoms with Crippen molar-refractivity contribution in [2.75, 3.05) is 46.4 Å². The molecule has 0 radical (unpaired) electrons. The predicted molar refractivity (Wildman–Crippen MR) is 129 cm³/mol. The van der Waals surface area contributed by atoms with Gasteiger partial charge in [-0.15, -0.1) is 0 Å². The summed E-state index contributed by atoms with van der Waals surface area (Å²) in [6, 6.07) is 11.5. The van der Waals surface area contributed by atoms with E-state index in [0.717, 1.165) is 52.2 Å². The number of aryl methyl sites for hydroxylation is 1. The number of carbonyl (C=O) groups excluding carboxylic acids is 1. The first-order valence-corrected chi connectivity index (χ1v) is 12.5. The number of nitrogens with zero attached hydrogens (tertiary/aromatic N) is 3. The van der Waals surface area contributed by atoms with Crippen LogP contribution in [-0.2, 0) is 35.3 Å². The molecule has 1 saturated heterocycles. The summed E-state index contributed by atoms with van der Waals surface area (Å²) in [4.78, 5) is 22.3. The fourth-order valence-electron chi connectivity index (χ4n) is 5.75. The highest BCUT2D eigenvalue weighted by Crippen LogP contribution is 2.32. The number of pyridine rings is 1. The molecule has 0 unspecified atom stereocenters. The number of likely N-dealkylation sites (N-methyl/N-ethyl adjacent to an activating group) is 1. The fourth-order valence-corrected chi connectivity index (χ4v) is 5.75. The quantitative estimate of drug-likeness (QED) is 0.703. The van der Waals surface area contributed by atoms with Crippen LogP contribution in [0.1, 0.15) is 46.8 Å². The molecule has 0 amide bonds. The van der Waals surface area contributed by atoms with Gasteiger partial charge < -0.3 is 10.1 Å². The van der Waals surface area contributed by atoms with E-state index in [2.05, 4.69) is 52.5 Å². The molecule has 2 aliphatic heterocycles. The largest absolute Gasteiger partial charge is 0.379 e. The van der Waals surface area contributed by atoms with Gasteiger partial charge in [0.15, 0.2) is 5.78 Å². The van der Waals surface area contributed by atoms with E-state index in [-0.39, 0.29) is 0 Å². The third-order valence-corrected chi connectivity index (χ3v) is 7.50. The van der Waals surface area contributed by atoms with Gasteiger partial charge in [0, 0.05) is 44.8 Å². The van der Waals surface area contributed by atoms with E-state index >= 15 is 0 Å². The van der Waals surface area contributed by atoms with Crippen LogP contribution < -0.4 is 5.32 Å². The molecule has 3 heterocycles. The number of fused-ring (bicyclic) bond motifs is 2. The lowest BCUT2D eigenvalue weighted by atomic mass is 9.88. The van der Waals surface area contributed by atoms with E-state index in [1.165, 1.54) is 40.8 Å². The van der Waals surface area contributed by atoms with Gasteiger partial charge in [-0.2, -0.15) is 0 Å². The molecule has 6 heteroatoms. The molecule has 1 aromatic heterocycles. The van der Waals surface area contributed by atoms with Crippen LogP contribution in [0.25, 0.3) is 0 Å². The second-order valence-electron chi connectivity index (χ2n) is 9.84. The third-order valence-electron chi connectivity index (χ3n) is 7.50. The van der Waals surface area contributed by atoms with E-state index < -0.39 is 0 Å². The number of benzene rings is 1. The molecule has 3 aliphatic rings. The normalized spacial score (nSPS) is 23.2. The summed E-state index contributed by atoms with van der Waals surface area (Å²) in [7, 11) is 2.24. The van der Waals surface area contributed by atoms with Crippen molar-refractivity contribution in [1.82, 2.24) is 20.1 Å². The molecule has 2 aromatic rings. The van der Waals surface area contributed by atoms with Crippen molar-refractivity contribution in [3.63, 3.8) is 0 Å². The summed E-state index contributed by atoms with van der Waals surface area (Å²) < 4.78 is 5.41. The highest BCUT2D eigenvalue weighted by molar-refractivity contribution is 5.83. The standard InChI is InChI=1S/C27H36N4O2/c1-30(26-9-3-5-20-8-4-10-28-27(20)26)18-23-16-25-21(6-2-7-22(25)17-29-23)15-24(32)19-31-11-13-33-14-12-31/h2,4,6-8,10,23,26,29H,3,5,9,11-19H2,1H3/t23-,26-/m0/s1. The third kappa shape index (κ3) is 5.35. The maximum atomic E-state index is 12.8. The number of carbonyl (C=O) groups is 1. The minimum absolute atomic E-state index is 0.308. The number of hydrogen-bond donors (Lipinski definition) is 1. The van der Waals surface area contributed by atoms with Crippen molar-refractivity contribution >= 4 is 5.78 Å². The second kappa shape index (κ2) is 10.4. The zero-order valence-corrected chi connectivity index (χ0v) is 19.8. The minimum Gasteiger partial charge on any atom is -0.379 e. The number of nitrogens with one attached hydrogen (secondary N) is 1. The van der Waals surface area contributed by atoms with Gasteiger partial charge in [-0.3, -0.25) is 19.6 Å². The summed E-state index contributed by atoms with van der Waals surface area (Å²) >= 11 is 0. The lowest BCUT2D eigenvalue weighted by molar-refractivity contribution is -0.120. The molecule has 0 bridgehead atoms. The van der Waals surface area contributed by atoms with Crippen LogP contribution in [0.5, 0.6) is 0 Å². The topological polar surface area (TPSA) is 57.7 Å². The van der Waals surface area contributed by atoms with Crippen LogP contribution in [0.2, 0.25) is 0 Å². The predicted octanol–water partition coefficient (Wildman–Crippen LogP) is 2.55. The summed E-state index contributed by atoms with van der Waals surface area (Å²) in [5.74, 6) is 0.308. The second-order valence-corrected chi connectivity index (χ2v) is 9.84. The van der Waals surface area contributed by atoms with Crippen LogP contribution in [0, 0.1) is 0 Å². The van der Waals surface area contributed by atoms with Gasteiger partial charge in [0.25, 0.3) is 0 Å². The number of hydrogen-bond acceptors (Lipinski definition) is 6. The Morgan fingerprint density at radius 2 is 2.06 bits per heavy atom. The summed E-state index contributed by atoms with van der Waals surface area (Å²) in [6.07, 6.45) is 6.98. The highest BCUT2D eigenvalue weighted by atomic mass is 16.5. The van der Waals surface area contributed by atoms with E-state index in [0.29, 0.717) is 30.8 Å². The molecule has 1 fully saturated rings. The van der Waals surface area contributed by atoms with Crippen LogP contribution >= 0.6 is 0 Å². The van der Waals surface area contributed by atoms with Gasteiger partial charge in [-0.25, -0.2) is 0 Å². The van der Waals surface area contributed by atoms with Gasteiger partial charge in [0.05, 0.1) is 31.5 Å². The summed E-state index contributed by atoms with van der Waals surface area (Å²) in [6.45, 7) is 5.57. The first kappa shape index (κ1) is 22.7. The Hall–Kier alpha value is -2.12. The average molecular weight is 449 g/mol. The van der Waals surface area contributed by atoms with Crippen molar-refractivity contribution < 1.29 is 9.53 Å². The SMILES string of the molecule is CN(C[C@@H]1Cc2c(cccc2CC(=O)CN2CCOCC2)CN1)[C@H]1CCCc2cccnc21. The molecule has 1 aromatic carbocycles. The lowest BCUT2D eigenvalue weighted by Crippen LogP contribution is -2.45. The molecule has 1 N–H and O–H groups in total. The molecule has 6 nitrogen and oxygen atoms in total. The first-order chi connectivity index (χ1) is 16.2. The van der Waals surface area contributed by atoms with Crippen molar-refractivity contribution in [2.24, 2.45) is 0 Å². The van der Waals surface area contributed by atoms with Crippen LogP contribution in [0.3, 0.4) is 0 Å². The maximum absolute atomic E-state index is 12.8. The highest BCUT2D eigenvalue weighted by Gasteiger charge is 2.28. The summed E-state index contributed by atoms with van der Waals surface area (Å²) in [5.41, 5.74) is 6.60. The molecular weight excluding hydrogens is 412 g/mol. The van der Waals surface area contributed by atoms with E-state index in [1.54, 1.807) is 0 Å². The van der Waals surface area contributed by atoms with Crippen LogP contribution in [-0.4, -0.2) is 73.0 Å². The Morgan fingerprint density at radius 1 is 1.21 bits per heavy atom. The van der Waals surface area contributed by atoms with Crippen molar-refractivity contribution in [3.05, 3.63) is 64.5 Å². The van der Waals surface area contributed by atoms with Gasteiger partial charge in [-0.1, -0.05) is 24.3 Å². The zero-order valence-electron chi connectivity index (χ0n) is 19.8. The first-order valence-electron chi connectivity index (χ1n) is 12.5. The number of ether oxygens (including phenoxy) is 1. The van der Waals surface area contributed by atoms with Gasteiger partial charge in [0.1, 0.15) is 0 Å². The molecule has 33 heavy (non-hydrogen) atoms. The number of rotatable bonds is 7. The summed E-state index contributed by atoms with van der Waals surface area (Å²) in [5, 5.41) is 3.75. The molecule has 176 valence electrons. The number of ketones is 1. The minimum atomic E-state index is 0.308. The molecule has 2 atom stereocenters. The van der Waals surface area contributed by atoms with Gasteiger partial charge in [-0.05, 0) is 61.1 Å². The van der Waals surface area contributed by atoms with Crippen molar-refractivity contribution in [1.29, 1.82) is 0 Å². The Bertz CT molecular complexity index is 972. The smallest absolute Gasteiger partial charge is 0.151 e. The molecule has 0 spiro atoms. The van der Waals surface area contributed by atoms with Gasteiger partial charge >= 0.3 is 0 Å².